The number of aryl methyl sites for hydroxylation is 1. The lowest BCUT2D eigenvalue weighted by atomic mass is 10.4. The second-order valence-electron chi connectivity index (χ2n) is 3.07. The van der Waals surface area contributed by atoms with Crippen LogP contribution in [-0.2, 0) is 10.0 Å². The zero-order valence-corrected chi connectivity index (χ0v) is 9.23. The Balaban J connectivity index is 2.28. The van der Waals surface area contributed by atoms with Crippen molar-refractivity contribution in [3.63, 3.8) is 0 Å². The van der Waals surface area contributed by atoms with Crippen molar-refractivity contribution in [3.8, 4) is 0 Å². The van der Waals surface area contributed by atoms with E-state index in [0.717, 1.165) is 0 Å². The predicted molar refractivity (Wildman–Crippen MR) is 56.3 cm³/mol. The average molecular weight is 239 g/mol. The van der Waals surface area contributed by atoms with E-state index in [4.69, 9.17) is 0 Å². The zero-order valence-electron chi connectivity index (χ0n) is 8.41. The van der Waals surface area contributed by atoms with Gasteiger partial charge in [0.05, 0.1) is 4.90 Å². The monoisotopic (exact) mass is 239 g/mol. The molecule has 0 atom stereocenters. The molecular weight excluding hydrogens is 230 g/mol. The first kappa shape index (κ1) is 10.6. The maximum absolute atomic E-state index is 11.8. The lowest BCUT2D eigenvalue weighted by Gasteiger charge is -2.02. The third-order valence-corrected chi connectivity index (χ3v) is 3.14. The van der Waals surface area contributed by atoms with E-state index < -0.39 is 10.0 Å². The molecule has 0 fully saturated rings. The molecule has 7 heteroatoms. The minimum absolute atomic E-state index is 0.138. The number of aromatic nitrogens is 2. The molecule has 0 aliphatic rings. The Morgan fingerprint density at radius 1 is 1.25 bits per heavy atom. The molecule has 84 valence electrons. The summed E-state index contributed by atoms with van der Waals surface area (Å²) in [6, 6.07) is 7.81. The Kier molecular flexibility index (Phi) is 2.61. The van der Waals surface area contributed by atoms with E-state index in [1.165, 1.54) is 12.1 Å². The fraction of sp³-hybridized carbons (Fsp3) is 0.111. The summed E-state index contributed by atoms with van der Waals surface area (Å²) in [5.74, 6) is 0.366. The number of benzene rings is 1. The number of nitrogens with zero attached hydrogens (tertiary/aromatic N) is 2. The summed E-state index contributed by atoms with van der Waals surface area (Å²) < 4.78 is 30.4. The molecule has 2 aromatic rings. The van der Waals surface area contributed by atoms with Crippen molar-refractivity contribution in [1.82, 2.24) is 10.1 Å². The maximum atomic E-state index is 11.8. The summed E-state index contributed by atoms with van der Waals surface area (Å²) in [6.07, 6.45) is 0. The molecule has 0 bridgehead atoms. The molecule has 0 aliphatic heterocycles. The summed E-state index contributed by atoms with van der Waals surface area (Å²) in [6.45, 7) is 1.60. The number of hydrogen-bond acceptors (Lipinski definition) is 5. The summed E-state index contributed by atoms with van der Waals surface area (Å²) in [5.41, 5.74) is 0. The van der Waals surface area contributed by atoms with Crippen LogP contribution >= 0.6 is 0 Å². The van der Waals surface area contributed by atoms with Crippen molar-refractivity contribution < 1.29 is 12.9 Å². The van der Waals surface area contributed by atoms with Gasteiger partial charge in [0.25, 0.3) is 10.0 Å². The molecule has 0 radical (unpaired) electrons. The molecule has 16 heavy (non-hydrogen) atoms. The van der Waals surface area contributed by atoms with Crippen molar-refractivity contribution in [3.05, 3.63) is 36.2 Å². The van der Waals surface area contributed by atoms with E-state index in [9.17, 15) is 8.42 Å². The maximum Gasteiger partial charge on any atom is 0.335 e. The second kappa shape index (κ2) is 3.93. The Morgan fingerprint density at radius 3 is 2.50 bits per heavy atom. The third-order valence-electron chi connectivity index (χ3n) is 1.80. The number of nitrogens with one attached hydrogen (secondary N) is 1. The van der Waals surface area contributed by atoms with E-state index in [0.29, 0.717) is 5.82 Å². The van der Waals surface area contributed by atoms with Gasteiger partial charge in [-0.05, 0) is 19.1 Å². The minimum Gasteiger partial charge on any atom is -0.314 e. The minimum atomic E-state index is -3.65. The topological polar surface area (TPSA) is 85.1 Å². The highest BCUT2D eigenvalue weighted by molar-refractivity contribution is 7.92. The number of sulfonamides is 1. The van der Waals surface area contributed by atoms with Gasteiger partial charge in [-0.15, -0.1) is 0 Å². The van der Waals surface area contributed by atoms with Crippen LogP contribution in [0.5, 0.6) is 0 Å². The quantitative estimate of drug-likeness (QED) is 0.869. The van der Waals surface area contributed by atoms with Crippen molar-refractivity contribution in [2.75, 3.05) is 4.72 Å². The van der Waals surface area contributed by atoms with Crippen LogP contribution in [-0.4, -0.2) is 18.6 Å². The summed E-state index contributed by atoms with van der Waals surface area (Å²) in [7, 11) is -3.65. The molecule has 0 unspecified atom stereocenters. The van der Waals surface area contributed by atoms with Crippen LogP contribution in [0.15, 0.2) is 39.8 Å². The van der Waals surface area contributed by atoms with Gasteiger partial charge >= 0.3 is 6.01 Å². The molecule has 2 rings (SSSR count). The summed E-state index contributed by atoms with van der Waals surface area (Å²) in [5, 5.41) is 3.48. The number of hydrogen-bond donors (Lipinski definition) is 1. The SMILES string of the molecule is Cc1noc(NS(=O)(=O)c2ccccc2)n1. The standard InChI is InChI=1S/C9H9N3O3S/c1-7-10-9(15-11-7)12-16(13,14)8-5-3-2-4-6-8/h2-6H,1H3,(H,10,11,12). The van der Waals surface area contributed by atoms with Gasteiger partial charge in [0.1, 0.15) is 0 Å². The summed E-state index contributed by atoms with van der Waals surface area (Å²) in [4.78, 5) is 3.90. The first-order chi connectivity index (χ1) is 7.58. The Bertz CT molecular complexity index is 577. The first-order valence-electron chi connectivity index (χ1n) is 4.46. The molecular formula is C9H9N3O3S. The highest BCUT2D eigenvalue weighted by Gasteiger charge is 2.16. The summed E-state index contributed by atoms with van der Waals surface area (Å²) >= 11 is 0. The van der Waals surface area contributed by atoms with Crippen molar-refractivity contribution in [2.24, 2.45) is 0 Å². The largest absolute Gasteiger partial charge is 0.335 e. The lowest BCUT2D eigenvalue weighted by Crippen LogP contribution is -2.12. The van der Waals surface area contributed by atoms with E-state index in [1.54, 1.807) is 25.1 Å². The van der Waals surface area contributed by atoms with Gasteiger partial charge < -0.3 is 4.52 Å². The molecule has 1 heterocycles. The van der Waals surface area contributed by atoms with E-state index in [1.807, 2.05) is 0 Å². The van der Waals surface area contributed by atoms with Crippen LogP contribution in [0, 0.1) is 6.92 Å². The molecule has 6 nitrogen and oxygen atoms in total. The lowest BCUT2D eigenvalue weighted by molar-refractivity contribution is 0.429. The normalized spacial score (nSPS) is 11.3. The molecule has 0 saturated heterocycles. The van der Waals surface area contributed by atoms with Crippen molar-refractivity contribution in [1.29, 1.82) is 0 Å². The van der Waals surface area contributed by atoms with Gasteiger partial charge in [-0.1, -0.05) is 23.4 Å². The van der Waals surface area contributed by atoms with Gasteiger partial charge in [0.15, 0.2) is 5.82 Å². The van der Waals surface area contributed by atoms with E-state index in [-0.39, 0.29) is 10.9 Å². The molecule has 1 aromatic carbocycles. The Hall–Kier alpha value is -1.89. The van der Waals surface area contributed by atoms with Crippen molar-refractivity contribution in [2.45, 2.75) is 11.8 Å². The highest BCUT2D eigenvalue weighted by atomic mass is 32.2. The first-order valence-corrected chi connectivity index (χ1v) is 5.94. The van der Waals surface area contributed by atoms with Crippen LogP contribution in [0.1, 0.15) is 5.82 Å². The average Bonchev–Trinajstić information content (AvgIpc) is 2.64. The fourth-order valence-electron chi connectivity index (χ4n) is 1.11. The van der Waals surface area contributed by atoms with E-state index >= 15 is 0 Å². The number of rotatable bonds is 3. The molecule has 1 aromatic heterocycles. The van der Waals surface area contributed by atoms with Gasteiger partial charge in [-0.2, -0.15) is 4.98 Å². The molecule has 0 aliphatic carbocycles. The van der Waals surface area contributed by atoms with Gasteiger partial charge in [0, 0.05) is 0 Å². The molecule has 0 spiro atoms. The smallest absolute Gasteiger partial charge is 0.314 e. The molecule has 0 amide bonds. The fourth-order valence-corrected chi connectivity index (χ4v) is 2.06. The van der Waals surface area contributed by atoms with Crippen LogP contribution in [0.3, 0.4) is 0 Å². The van der Waals surface area contributed by atoms with Gasteiger partial charge in [0.2, 0.25) is 0 Å². The predicted octanol–water partition coefficient (Wildman–Crippen LogP) is 1.18. The third kappa shape index (κ3) is 2.19. The second-order valence-corrected chi connectivity index (χ2v) is 4.75. The van der Waals surface area contributed by atoms with Crippen LogP contribution in [0.2, 0.25) is 0 Å². The molecule has 1 N–H and O–H groups in total. The van der Waals surface area contributed by atoms with Crippen LogP contribution < -0.4 is 4.72 Å². The molecule has 0 saturated carbocycles. The van der Waals surface area contributed by atoms with Crippen molar-refractivity contribution >= 4 is 16.0 Å². The van der Waals surface area contributed by atoms with Gasteiger partial charge in [-0.25, -0.2) is 13.1 Å². The Labute approximate surface area is 92.3 Å². The van der Waals surface area contributed by atoms with Crippen LogP contribution in [0.4, 0.5) is 6.01 Å². The van der Waals surface area contributed by atoms with E-state index in [2.05, 4.69) is 19.4 Å². The highest BCUT2D eigenvalue weighted by Crippen LogP contribution is 2.13. The van der Waals surface area contributed by atoms with Gasteiger partial charge in [-0.3, -0.25) is 0 Å². The zero-order chi connectivity index (χ0) is 11.6. The number of anilines is 1. The van der Waals surface area contributed by atoms with Crippen LogP contribution in [0.25, 0.3) is 0 Å². The Morgan fingerprint density at radius 2 is 1.94 bits per heavy atom.